The number of carbonyl (C=O) groups excluding carboxylic acids is 2. The third-order valence-corrected chi connectivity index (χ3v) is 4.98. The second-order valence-electron chi connectivity index (χ2n) is 7.30. The number of alkyl halides is 3. The van der Waals surface area contributed by atoms with Crippen molar-refractivity contribution in [2.45, 2.75) is 25.9 Å². The molecule has 3 aromatic rings. The molecule has 4 rings (SSSR count). The molecule has 0 saturated carbocycles. The minimum absolute atomic E-state index is 0.0382. The molecule has 33 heavy (non-hydrogen) atoms. The van der Waals surface area contributed by atoms with Crippen molar-refractivity contribution in [3.63, 3.8) is 0 Å². The van der Waals surface area contributed by atoms with E-state index in [1.54, 1.807) is 25.1 Å². The number of hydrogen-bond acceptors (Lipinski definition) is 5. The van der Waals surface area contributed by atoms with E-state index in [4.69, 9.17) is 5.26 Å². The molecule has 1 N–H and O–H groups in total. The average Bonchev–Trinajstić information content (AvgIpc) is 3.18. The van der Waals surface area contributed by atoms with E-state index in [-0.39, 0.29) is 23.8 Å². The monoisotopic (exact) mass is 455 g/mol. The standard InChI is InChI=1S/C22H16F3N5O3/c1-13-12-29-19(18(11-27-29)20(31)28-15-4-2-3-14(9-15)10-26)21(32)30(13)16-5-7-17(8-6-16)33-22(23,24)25/h2-9,11,13H,12H2,1H3,(H,28,31)/t13-/m0/s1. The highest BCUT2D eigenvalue weighted by molar-refractivity contribution is 6.15. The van der Waals surface area contributed by atoms with E-state index in [1.165, 1.54) is 34.0 Å². The Bertz CT molecular complexity index is 1260. The largest absolute Gasteiger partial charge is 0.573 e. The number of nitriles is 1. The van der Waals surface area contributed by atoms with Crippen LogP contribution in [0.5, 0.6) is 5.75 Å². The molecule has 2 heterocycles. The van der Waals surface area contributed by atoms with Gasteiger partial charge in [-0.1, -0.05) is 6.07 Å². The maximum Gasteiger partial charge on any atom is 0.573 e. The van der Waals surface area contributed by atoms with Crippen molar-refractivity contribution in [2.24, 2.45) is 0 Å². The van der Waals surface area contributed by atoms with Crippen molar-refractivity contribution in [2.75, 3.05) is 10.2 Å². The fourth-order valence-electron chi connectivity index (χ4n) is 3.61. The quantitative estimate of drug-likeness (QED) is 0.642. The smallest absolute Gasteiger partial charge is 0.406 e. The predicted octanol–water partition coefficient (Wildman–Crippen LogP) is 3.95. The van der Waals surface area contributed by atoms with Crippen LogP contribution in [0.2, 0.25) is 0 Å². The molecule has 1 aliphatic rings. The Kier molecular flexibility index (Phi) is 5.51. The minimum atomic E-state index is -4.82. The molecule has 2 aromatic carbocycles. The van der Waals surface area contributed by atoms with Crippen LogP contribution in [0.4, 0.5) is 24.5 Å². The Morgan fingerprint density at radius 1 is 1.24 bits per heavy atom. The number of rotatable bonds is 4. The van der Waals surface area contributed by atoms with E-state index in [9.17, 15) is 22.8 Å². The van der Waals surface area contributed by atoms with Crippen molar-refractivity contribution in [1.29, 1.82) is 5.26 Å². The predicted molar refractivity (Wildman–Crippen MR) is 111 cm³/mol. The summed E-state index contributed by atoms with van der Waals surface area (Å²) in [6.45, 7) is 2.04. The van der Waals surface area contributed by atoms with Crippen molar-refractivity contribution in [3.8, 4) is 11.8 Å². The van der Waals surface area contributed by atoms with Crippen LogP contribution in [0.3, 0.4) is 0 Å². The Hall–Kier alpha value is -4.33. The number of halogens is 3. The first kappa shape index (κ1) is 21.9. The molecule has 0 spiro atoms. The highest BCUT2D eigenvalue weighted by Gasteiger charge is 2.36. The molecule has 1 atom stereocenters. The van der Waals surface area contributed by atoms with Crippen LogP contribution < -0.4 is 15.0 Å². The summed E-state index contributed by atoms with van der Waals surface area (Å²) < 4.78 is 42.6. The molecule has 0 saturated heterocycles. The van der Waals surface area contributed by atoms with E-state index in [1.807, 2.05) is 6.07 Å². The summed E-state index contributed by atoms with van der Waals surface area (Å²) in [6.07, 6.45) is -3.54. The first-order chi connectivity index (χ1) is 15.7. The zero-order valence-corrected chi connectivity index (χ0v) is 17.1. The molecule has 0 bridgehead atoms. The summed E-state index contributed by atoms with van der Waals surface area (Å²) in [6, 6.07) is 12.8. The number of nitrogens with zero attached hydrogens (tertiary/aromatic N) is 4. The molecular weight excluding hydrogens is 439 g/mol. The molecule has 2 amide bonds. The Balaban J connectivity index is 1.60. The third kappa shape index (κ3) is 4.50. The van der Waals surface area contributed by atoms with E-state index >= 15 is 0 Å². The SMILES string of the molecule is C[C@H]1Cn2ncc(C(=O)Nc3cccc(C#N)c3)c2C(=O)N1c1ccc(OC(F)(F)F)cc1. The van der Waals surface area contributed by atoms with Gasteiger partial charge in [0, 0.05) is 11.4 Å². The van der Waals surface area contributed by atoms with E-state index in [2.05, 4.69) is 15.2 Å². The summed E-state index contributed by atoms with van der Waals surface area (Å²) in [4.78, 5) is 27.6. The fraction of sp³-hybridized carbons (Fsp3) is 0.182. The topological polar surface area (TPSA) is 100 Å². The van der Waals surface area contributed by atoms with Crippen LogP contribution in [0, 0.1) is 11.3 Å². The number of fused-ring (bicyclic) bond motifs is 1. The molecule has 0 fully saturated rings. The van der Waals surface area contributed by atoms with Gasteiger partial charge in [-0.25, -0.2) is 0 Å². The van der Waals surface area contributed by atoms with E-state index in [0.717, 1.165) is 12.1 Å². The zero-order chi connectivity index (χ0) is 23.8. The number of nitrogens with one attached hydrogen (secondary N) is 1. The zero-order valence-electron chi connectivity index (χ0n) is 17.1. The molecular formula is C22H16F3N5O3. The Morgan fingerprint density at radius 2 is 1.97 bits per heavy atom. The highest BCUT2D eigenvalue weighted by atomic mass is 19.4. The number of benzene rings is 2. The summed E-state index contributed by atoms with van der Waals surface area (Å²) in [5.41, 5.74) is 1.18. The highest BCUT2D eigenvalue weighted by Crippen LogP contribution is 2.30. The van der Waals surface area contributed by atoms with Gasteiger partial charge in [-0.05, 0) is 49.4 Å². The van der Waals surface area contributed by atoms with Crippen molar-refractivity contribution in [3.05, 3.63) is 71.5 Å². The van der Waals surface area contributed by atoms with Gasteiger partial charge in [0.2, 0.25) is 0 Å². The van der Waals surface area contributed by atoms with Crippen LogP contribution in [0.25, 0.3) is 0 Å². The molecule has 1 aromatic heterocycles. The lowest BCUT2D eigenvalue weighted by Crippen LogP contribution is -2.47. The lowest BCUT2D eigenvalue weighted by atomic mass is 10.1. The van der Waals surface area contributed by atoms with Crippen LogP contribution >= 0.6 is 0 Å². The average molecular weight is 455 g/mol. The number of carbonyl (C=O) groups is 2. The lowest BCUT2D eigenvalue weighted by Gasteiger charge is -2.34. The lowest BCUT2D eigenvalue weighted by molar-refractivity contribution is -0.274. The third-order valence-electron chi connectivity index (χ3n) is 4.98. The van der Waals surface area contributed by atoms with E-state index < -0.39 is 23.9 Å². The van der Waals surface area contributed by atoms with Crippen LogP contribution in [0.1, 0.15) is 33.3 Å². The number of aromatic nitrogens is 2. The molecule has 1 aliphatic heterocycles. The first-order valence-electron chi connectivity index (χ1n) is 9.73. The maximum absolute atomic E-state index is 13.3. The van der Waals surface area contributed by atoms with Crippen LogP contribution in [0.15, 0.2) is 54.7 Å². The summed E-state index contributed by atoms with van der Waals surface area (Å²) in [7, 11) is 0. The van der Waals surface area contributed by atoms with Crippen LogP contribution in [-0.2, 0) is 6.54 Å². The van der Waals surface area contributed by atoms with Gasteiger partial charge in [0.1, 0.15) is 11.4 Å². The Labute approximate surface area is 185 Å². The van der Waals surface area contributed by atoms with Crippen LogP contribution in [-0.4, -0.2) is 34.0 Å². The second kappa shape index (κ2) is 8.31. The summed E-state index contributed by atoms with van der Waals surface area (Å²) in [5.74, 6) is -1.51. The molecule has 168 valence electrons. The van der Waals surface area contributed by atoms with Crippen molar-refractivity contribution < 1.29 is 27.5 Å². The van der Waals surface area contributed by atoms with Gasteiger partial charge in [0.25, 0.3) is 11.8 Å². The molecule has 0 unspecified atom stereocenters. The summed E-state index contributed by atoms with van der Waals surface area (Å²) in [5, 5.41) is 15.8. The molecule has 0 aliphatic carbocycles. The Morgan fingerprint density at radius 3 is 2.64 bits per heavy atom. The fourth-order valence-corrected chi connectivity index (χ4v) is 3.61. The van der Waals surface area contributed by atoms with Gasteiger partial charge in [-0.3, -0.25) is 14.3 Å². The van der Waals surface area contributed by atoms with Gasteiger partial charge in [0.15, 0.2) is 0 Å². The minimum Gasteiger partial charge on any atom is -0.406 e. The first-order valence-corrected chi connectivity index (χ1v) is 9.73. The number of anilines is 2. The van der Waals surface area contributed by atoms with Gasteiger partial charge in [-0.15, -0.1) is 13.2 Å². The van der Waals surface area contributed by atoms with Gasteiger partial charge >= 0.3 is 6.36 Å². The van der Waals surface area contributed by atoms with Gasteiger partial charge < -0.3 is 15.0 Å². The number of ether oxygens (including phenoxy) is 1. The van der Waals surface area contributed by atoms with E-state index in [0.29, 0.717) is 16.9 Å². The number of hydrogen-bond donors (Lipinski definition) is 1. The van der Waals surface area contributed by atoms with Crippen molar-refractivity contribution in [1.82, 2.24) is 9.78 Å². The normalized spacial score (nSPS) is 15.5. The molecule has 8 nitrogen and oxygen atoms in total. The molecule has 0 radical (unpaired) electrons. The van der Waals surface area contributed by atoms with Gasteiger partial charge in [-0.2, -0.15) is 10.4 Å². The summed E-state index contributed by atoms with van der Waals surface area (Å²) >= 11 is 0. The van der Waals surface area contributed by atoms with Crippen molar-refractivity contribution >= 4 is 23.2 Å². The molecule has 11 heteroatoms. The maximum atomic E-state index is 13.3. The second-order valence-corrected chi connectivity index (χ2v) is 7.30. The number of amides is 2. The van der Waals surface area contributed by atoms with Gasteiger partial charge in [0.05, 0.1) is 36.0 Å².